The van der Waals surface area contributed by atoms with E-state index >= 15 is 0 Å². The molecule has 2 aromatic carbocycles. The Hall–Kier alpha value is -1.58. The van der Waals surface area contributed by atoms with Crippen LogP contribution in [0.15, 0.2) is 42.5 Å². The van der Waals surface area contributed by atoms with Crippen molar-refractivity contribution in [2.75, 3.05) is 5.73 Å². The highest BCUT2D eigenvalue weighted by molar-refractivity contribution is 6.33. The monoisotopic (exact) mass is 265 g/mol. The van der Waals surface area contributed by atoms with Crippen LogP contribution in [0.4, 0.5) is 10.1 Å². The Kier molecular flexibility index (Phi) is 4.18. The summed E-state index contributed by atoms with van der Waals surface area (Å²) in [7, 11) is 0. The van der Waals surface area contributed by atoms with Crippen LogP contribution in [0.5, 0.6) is 0 Å². The predicted molar refractivity (Wildman–Crippen MR) is 70.8 cm³/mol. The lowest BCUT2D eigenvalue weighted by Gasteiger charge is -2.07. The zero-order chi connectivity index (χ0) is 13.0. The molecule has 0 saturated carbocycles. The molecule has 0 aliphatic rings. The summed E-state index contributed by atoms with van der Waals surface area (Å²) in [5, 5.41) is 0.521. The van der Waals surface area contributed by atoms with Gasteiger partial charge in [-0.15, -0.1) is 0 Å². The SMILES string of the molecule is Nc1cc(COCc2ccccc2F)ccc1Cl. The third kappa shape index (κ3) is 3.22. The molecule has 0 bridgehead atoms. The molecule has 0 fully saturated rings. The average molecular weight is 266 g/mol. The number of rotatable bonds is 4. The summed E-state index contributed by atoms with van der Waals surface area (Å²) in [4.78, 5) is 0. The Morgan fingerprint density at radius 3 is 2.61 bits per heavy atom. The summed E-state index contributed by atoms with van der Waals surface area (Å²) in [6.07, 6.45) is 0. The maximum Gasteiger partial charge on any atom is 0.128 e. The van der Waals surface area contributed by atoms with Crippen LogP contribution in [-0.2, 0) is 18.0 Å². The van der Waals surface area contributed by atoms with Crippen molar-refractivity contribution in [3.05, 3.63) is 64.4 Å². The smallest absolute Gasteiger partial charge is 0.128 e. The van der Waals surface area contributed by atoms with E-state index in [0.717, 1.165) is 5.56 Å². The summed E-state index contributed by atoms with van der Waals surface area (Å²) in [6.45, 7) is 0.602. The van der Waals surface area contributed by atoms with Crippen molar-refractivity contribution in [2.45, 2.75) is 13.2 Å². The second-order valence-corrected chi connectivity index (χ2v) is 4.35. The Balaban J connectivity index is 1.92. The van der Waals surface area contributed by atoms with Crippen molar-refractivity contribution in [3.63, 3.8) is 0 Å². The first-order valence-corrected chi connectivity index (χ1v) is 5.89. The van der Waals surface area contributed by atoms with E-state index < -0.39 is 0 Å². The van der Waals surface area contributed by atoms with E-state index in [1.165, 1.54) is 6.07 Å². The number of anilines is 1. The quantitative estimate of drug-likeness (QED) is 0.854. The number of hydrogen-bond donors (Lipinski definition) is 1. The van der Waals surface area contributed by atoms with Crippen LogP contribution in [0, 0.1) is 5.82 Å². The second-order valence-electron chi connectivity index (χ2n) is 3.94. The molecule has 0 unspecified atom stereocenters. The van der Waals surface area contributed by atoms with Gasteiger partial charge in [0.1, 0.15) is 5.82 Å². The van der Waals surface area contributed by atoms with Crippen molar-refractivity contribution in [2.24, 2.45) is 0 Å². The molecule has 2 nitrogen and oxygen atoms in total. The van der Waals surface area contributed by atoms with Gasteiger partial charge in [0.15, 0.2) is 0 Å². The van der Waals surface area contributed by atoms with E-state index in [9.17, 15) is 4.39 Å². The number of nitrogen functional groups attached to an aromatic ring is 1. The lowest BCUT2D eigenvalue weighted by molar-refractivity contribution is 0.105. The maximum atomic E-state index is 13.3. The lowest BCUT2D eigenvalue weighted by Crippen LogP contribution is -1.97. The molecule has 2 rings (SSSR count). The van der Waals surface area contributed by atoms with Crippen molar-refractivity contribution in [1.82, 2.24) is 0 Å². The minimum atomic E-state index is -0.256. The molecule has 0 saturated heterocycles. The zero-order valence-electron chi connectivity index (χ0n) is 9.70. The summed E-state index contributed by atoms with van der Waals surface area (Å²) in [6, 6.07) is 11.9. The largest absolute Gasteiger partial charge is 0.398 e. The highest BCUT2D eigenvalue weighted by Crippen LogP contribution is 2.20. The van der Waals surface area contributed by atoms with Crippen LogP contribution >= 0.6 is 11.6 Å². The van der Waals surface area contributed by atoms with Crippen molar-refractivity contribution in [1.29, 1.82) is 0 Å². The Labute approximate surface area is 110 Å². The highest BCUT2D eigenvalue weighted by Gasteiger charge is 2.02. The fraction of sp³-hybridized carbons (Fsp3) is 0.143. The first-order chi connectivity index (χ1) is 8.66. The molecule has 0 aliphatic carbocycles. The number of hydrogen-bond acceptors (Lipinski definition) is 2. The van der Waals surface area contributed by atoms with Crippen molar-refractivity contribution in [3.8, 4) is 0 Å². The average Bonchev–Trinajstić information content (AvgIpc) is 2.36. The van der Waals surface area contributed by atoms with Gasteiger partial charge >= 0.3 is 0 Å². The molecule has 0 aromatic heterocycles. The molecule has 0 aliphatic heterocycles. The second kappa shape index (κ2) is 5.85. The lowest BCUT2D eigenvalue weighted by atomic mass is 10.2. The molecule has 18 heavy (non-hydrogen) atoms. The van der Waals surface area contributed by atoms with Crippen LogP contribution in [0.1, 0.15) is 11.1 Å². The molecule has 0 radical (unpaired) electrons. The van der Waals surface area contributed by atoms with Gasteiger partial charge in [0.05, 0.1) is 23.9 Å². The van der Waals surface area contributed by atoms with E-state index in [4.69, 9.17) is 22.1 Å². The molecule has 4 heteroatoms. The van der Waals surface area contributed by atoms with Gasteiger partial charge in [-0.2, -0.15) is 0 Å². The van der Waals surface area contributed by atoms with Crippen molar-refractivity contribution < 1.29 is 9.13 Å². The number of nitrogens with two attached hydrogens (primary N) is 1. The standard InChI is InChI=1S/C14H13ClFNO/c15-12-6-5-10(7-14(12)17)8-18-9-11-3-1-2-4-13(11)16/h1-7H,8-9,17H2. The fourth-order valence-electron chi connectivity index (χ4n) is 1.58. The van der Waals surface area contributed by atoms with Crippen LogP contribution in [0.25, 0.3) is 0 Å². The molecule has 94 valence electrons. The Bertz CT molecular complexity index is 545. The number of benzene rings is 2. The van der Waals surface area contributed by atoms with Crippen LogP contribution in [-0.4, -0.2) is 0 Å². The van der Waals surface area contributed by atoms with Crippen LogP contribution in [0.2, 0.25) is 5.02 Å². The van der Waals surface area contributed by atoms with Gasteiger partial charge in [-0.3, -0.25) is 0 Å². The molecule has 0 atom stereocenters. The molecule has 0 heterocycles. The maximum absolute atomic E-state index is 13.3. The van der Waals surface area contributed by atoms with Crippen LogP contribution < -0.4 is 5.73 Å². The van der Waals surface area contributed by atoms with Gasteiger partial charge in [-0.25, -0.2) is 4.39 Å². The fourth-order valence-corrected chi connectivity index (χ4v) is 1.69. The minimum Gasteiger partial charge on any atom is -0.398 e. The van der Waals surface area contributed by atoms with Gasteiger partial charge in [0.25, 0.3) is 0 Å². The molecule has 0 amide bonds. The molecular weight excluding hydrogens is 253 g/mol. The van der Waals surface area contributed by atoms with Crippen molar-refractivity contribution >= 4 is 17.3 Å². The number of halogens is 2. The van der Waals surface area contributed by atoms with Gasteiger partial charge in [0.2, 0.25) is 0 Å². The first kappa shape index (κ1) is 12.9. The summed E-state index contributed by atoms with van der Waals surface area (Å²) in [5.41, 5.74) is 7.65. The van der Waals surface area contributed by atoms with Gasteiger partial charge in [-0.1, -0.05) is 35.9 Å². The highest BCUT2D eigenvalue weighted by atomic mass is 35.5. The van der Waals surface area contributed by atoms with E-state index in [1.807, 2.05) is 6.07 Å². The molecule has 0 spiro atoms. The van der Waals surface area contributed by atoms with E-state index in [0.29, 0.717) is 22.9 Å². The van der Waals surface area contributed by atoms with E-state index in [-0.39, 0.29) is 12.4 Å². The van der Waals surface area contributed by atoms with E-state index in [2.05, 4.69) is 0 Å². The Morgan fingerprint density at radius 1 is 1.11 bits per heavy atom. The van der Waals surface area contributed by atoms with Crippen LogP contribution in [0.3, 0.4) is 0 Å². The molecule has 2 aromatic rings. The zero-order valence-corrected chi connectivity index (χ0v) is 10.5. The summed E-state index contributed by atoms with van der Waals surface area (Å²) < 4.78 is 18.8. The summed E-state index contributed by atoms with van der Waals surface area (Å²) >= 11 is 5.82. The minimum absolute atomic E-state index is 0.231. The Morgan fingerprint density at radius 2 is 1.89 bits per heavy atom. The third-order valence-electron chi connectivity index (χ3n) is 2.54. The van der Waals surface area contributed by atoms with Gasteiger partial charge < -0.3 is 10.5 Å². The van der Waals surface area contributed by atoms with Gasteiger partial charge in [-0.05, 0) is 23.8 Å². The third-order valence-corrected chi connectivity index (χ3v) is 2.89. The topological polar surface area (TPSA) is 35.2 Å². The molecular formula is C14H13ClFNO. The van der Waals surface area contributed by atoms with E-state index in [1.54, 1.807) is 30.3 Å². The molecule has 2 N–H and O–H groups in total. The predicted octanol–water partition coefficient (Wildman–Crippen LogP) is 3.78. The first-order valence-electron chi connectivity index (χ1n) is 5.52. The normalized spacial score (nSPS) is 10.6. The number of ether oxygens (including phenoxy) is 1. The summed E-state index contributed by atoms with van der Waals surface area (Å²) in [5.74, 6) is -0.256. The van der Waals surface area contributed by atoms with Gasteiger partial charge in [0, 0.05) is 5.56 Å².